The van der Waals surface area contributed by atoms with Crippen LogP contribution in [0.2, 0.25) is 0 Å². The van der Waals surface area contributed by atoms with Gasteiger partial charge >= 0.3 is 0 Å². The van der Waals surface area contributed by atoms with Gasteiger partial charge < -0.3 is 9.80 Å². The van der Waals surface area contributed by atoms with Gasteiger partial charge in [0.1, 0.15) is 5.66 Å². The van der Waals surface area contributed by atoms with Crippen LogP contribution in [0.15, 0.2) is 84.9 Å². The maximum absolute atomic E-state index is 13.5. The van der Waals surface area contributed by atoms with E-state index in [2.05, 4.69) is 110 Å². The monoisotopic (exact) mass is 436 g/mol. The fourth-order valence-electron chi connectivity index (χ4n) is 5.62. The largest absolute Gasteiger partial charge is 0.335 e. The van der Waals surface area contributed by atoms with Crippen LogP contribution in [0.1, 0.15) is 55.9 Å². The van der Waals surface area contributed by atoms with Crippen molar-refractivity contribution in [3.8, 4) is 0 Å². The molecule has 2 aliphatic rings. The van der Waals surface area contributed by atoms with Gasteiger partial charge in [-0.1, -0.05) is 107 Å². The molecule has 3 aromatic rings. The molecule has 0 aliphatic carbocycles. The van der Waals surface area contributed by atoms with Crippen molar-refractivity contribution in [1.82, 2.24) is 4.90 Å². The van der Waals surface area contributed by atoms with E-state index in [9.17, 15) is 4.79 Å². The van der Waals surface area contributed by atoms with Gasteiger partial charge in [-0.3, -0.25) is 4.79 Å². The molecule has 1 fully saturated rings. The highest BCUT2D eigenvalue weighted by molar-refractivity contribution is 5.91. The molecular formula is C30H32N2O. The number of hydrogen-bond donors (Lipinski definition) is 0. The third kappa shape index (κ3) is 3.30. The number of para-hydroxylation sites is 1. The van der Waals surface area contributed by atoms with Crippen molar-refractivity contribution in [2.75, 3.05) is 11.4 Å². The molecule has 1 saturated heterocycles. The molecule has 0 aromatic heterocycles. The van der Waals surface area contributed by atoms with E-state index in [1.165, 1.54) is 11.1 Å². The van der Waals surface area contributed by atoms with Gasteiger partial charge in [-0.05, 0) is 40.3 Å². The second-order valence-corrected chi connectivity index (χ2v) is 10.1. The maximum Gasteiger partial charge on any atom is 0.244 e. The molecule has 168 valence electrons. The Kier molecular flexibility index (Phi) is 5.16. The summed E-state index contributed by atoms with van der Waals surface area (Å²) in [5.41, 5.74) is 5.23. The number of rotatable bonds is 5. The summed E-state index contributed by atoms with van der Waals surface area (Å²) < 4.78 is 0. The molecule has 0 saturated carbocycles. The van der Waals surface area contributed by atoms with Crippen LogP contribution in [-0.4, -0.2) is 23.0 Å². The first-order valence-electron chi connectivity index (χ1n) is 11.9. The molecule has 5 rings (SSSR count). The Balaban J connectivity index is 1.62. The summed E-state index contributed by atoms with van der Waals surface area (Å²) in [4.78, 5) is 17.9. The molecule has 1 amide bonds. The molecule has 3 aromatic carbocycles. The molecule has 2 heterocycles. The van der Waals surface area contributed by atoms with E-state index in [1.54, 1.807) is 0 Å². The van der Waals surface area contributed by atoms with Gasteiger partial charge in [-0.2, -0.15) is 0 Å². The molecule has 0 bridgehead atoms. The van der Waals surface area contributed by atoms with E-state index in [0.717, 1.165) is 16.8 Å². The normalized spacial score (nSPS) is 21.2. The summed E-state index contributed by atoms with van der Waals surface area (Å²) >= 11 is 0. The van der Waals surface area contributed by atoms with E-state index in [1.807, 2.05) is 18.2 Å². The maximum atomic E-state index is 13.5. The van der Waals surface area contributed by atoms with Crippen LogP contribution < -0.4 is 4.90 Å². The van der Waals surface area contributed by atoms with Crippen LogP contribution in [0, 0.1) is 0 Å². The zero-order valence-electron chi connectivity index (χ0n) is 20.0. The lowest BCUT2D eigenvalue weighted by Gasteiger charge is -2.46. The number of amides is 1. The zero-order chi connectivity index (χ0) is 23.2. The topological polar surface area (TPSA) is 23.6 Å². The van der Waals surface area contributed by atoms with Crippen molar-refractivity contribution in [1.29, 1.82) is 0 Å². The number of carbonyl (C=O) groups is 1. The smallest absolute Gasteiger partial charge is 0.244 e. The third-order valence-corrected chi connectivity index (χ3v) is 7.50. The van der Waals surface area contributed by atoms with Gasteiger partial charge in [0.05, 0.1) is 6.54 Å². The molecule has 0 N–H and O–H groups in total. The highest BCUT2D eigenvalue weighted by Crippen LogP contribution is 2.56. The second kappa shape index (κ2) is 7.91. The van der Waals surface area contributed by atoms with Crippen molar-refractivity contribution < 1.29 is 4.79 Å². The predicted octanol–water partition coefficient (Wildman–Crippen LogP) is 6.36. The first-order chi connectivity index (χ1) is 15.8. The summed E-state index contributed by atoms with van der Waals surface area (Å²) in [6.45, 7) is 9.95. The molecule has 0 spiro atoms. The highest BCUT2D eigenvalue weighted by atomic mass is 16.2. The Bertz CT molecular complexity index is 1190. The van der Waals surface area contributed by atoms with Gasteiger partial charge in [-0.25, -0.2) is 0 Å². The number of anilines is 1. The van der Waals surface area contributed by atoms with E-state index in [-0.39, 0.29) is 11.3 Å². The van der Waals surface area contributed by atoms with Crippen molar-refractivity contribution in [3.05, 3.63) is 107 Å². The molecule has 3 heteroatoms. The van der Waals surface area contributed by atoms with Crippen LogP contribution in [0.4, 0.5) is 5.69 Å². The quantitative estimate of drug-likeness (QED) is 0.465. The van der Waals surface area contributed by atoms with Crippen LogP contribution in [0.25, 0.3) is 6.08 Å². The van der Waals surface area contributed by atoms with Crippen molar-refractivity contribution in [2.45, 2.75) is 51.2 Å². The minimum atomic E-state index is -0.569. The summed E-state index contributed by atoms with van der Waals surface area (Å²) in [6, 6.07) is 27.6. The van der Waals surface area contributed by atoms with Crippen LogP contribution in [-0.2, 0) is 16.8 Å². The first kappa shape index (κ1) is 21.5. The van der Waals surface area contributed by atoms with E-state index >= 15 is 0 Å². The third-order valence-electron chi connectivity index (χ3n) is 7.50. The zero-order valence-corrected chi connectivity index (χ0v) is 20.0. The van der Waals surface area contributed by atoms with Gasteiger partial charge in [0.15, 0.2) is 0 Å². The Morgan fingerprint density at radius 3 is 2.27 bits per heavy atom. The van der Waals surface area contributed by atoms with Crippen molar-refractivity contribution >= 4 is 17.7 Å². The number of hydrogen-bond acceptors (Lipinski definition) is 2. The lowest BCUT2D eigenvalue weighted by atomic mass is 9.74. The van der Waals surface area contributed by atoms with Crippen LogP contribution in [0.5, 0.6) is 0 Å². The fraction of sp³-hybridized carbons (Fsp3) is 0.300. The van der Waals surface area contributed by atoms with Gasteiger partial charge in [0.2, 0.25) is 5.91 Å². The Hall–Kier alpha value is -3.33. The molecule has 0 unspecified atom stereocenters. The van der Waals surface area contributed by atoms with E-state index in [4.69, 9.17) is 0 Å². The SMILES string of the molecule is CC(C)c1ccc(/C=C/[C@]23N(Cc4ccccc4)C(=O)CN2c2ccccc2C3(C)C)cc1. The molecule has 2 aliphatic heterocycles. The van der Waals surface area contributed by atoms with Gasteiger partial charge in [0.25, 0.3) is 0 Å². The number of fused-ring (bicyclic) bond motifs is 3. The summed E-state index contributed by atoms with van der Waals surface area (Å²) in [5.74, 6) is 0.676. The average Bonchev–Trinajstić information content (AvgIpc) is 3.20. The van der Waals surface area contributed by atoms with Crippen LogP contribution in [0.3, 0.4) is 0 Å². The minimum absolute atomic E-state index is 0.168. The van der Waals surface area contributed by atoms with Crippen molar-refractivity contribution in [3.63, 3.8) is 0 Å². The summed E-state index contributed by atoms with van der Waals surface area (Å²) in [7, 11) is 0. The summed E-state index contributed by atoms with van der Waals surface area (Å²) in [5, 5.41) is 0. The van der Waals surface area contributed by atoms with Gasteiger partial charge in [-0.15, -0.1) is 0 Å². The molecule has 33 heavy (non-hydrogen) atoms. The van der Waals surface area contributed by atoms with E-state index < -0.39 is 5.66 Å². The Labute approximate surface area is 197 Å². The molecule has 1 atom stereocenters. The molecular weight excluding hydrogens is 404 g/mol. The lowest BCUT2D eigenvalue weighted by molar-refractivity contribution is -0.131. The fourth-order valence-corrected chi connectivity index (χ4v) is 5.62. The van der Waals surface area contributed by atoms with E-state index in [0.29, 0.717) is 19.0 Å². The Morgan fingerprint density at radius 1 is 0.909 bits per heavy atom. The van der Waals surface area contributed by atoms with Crippen LogP contribution >= 0.6 is 0 Å². The number of nitrogens with zero attached hydrogens (tertiary/aromatic N) is 2. The lowest BCUT2D eigenvalue weighted by Crippen LogP contribution is -2.60. The highest BCUT2D eigenvalue weighted by Gasteiger charge is 2.63. The summed E-state index contributed by atoms with van der Waals surface area (Å²) in [6.07, 6.45) is 4.46. The predicted molar refractivity (Wildman–Crippen MR) is 136 cm³/mol. The first-order valence-corrected chi connectivity index (χ1v) is 11.9. The minimum Gasteiger partial charge on any atom is -0.335 e. The molecule has 0 radical (unpaired) electrons. The molecule has 3 nitrogen and oxygen atoms in total. The second-order valence-electron chi connectivity index (χ2n) is 10.1. The Morgan fingerprint density at radius 2 is 1.58 bits per heavy atom. The van der Waals surface area contributed by atoms with Crippen molar-refractivity contribution in [2.24, 2.45) is 0 Å². The van der Waals surface area contributed by atoms with Gasteiger partial charge in [0, 0.05) is 17.6 Å². The number of benzene rings is 3. The standard InChI is InChI=1S/C30H32N2O/c1-22(2)25-16-14-23(15-17-25)18-19-30-29(3,4)26-12-8-9-13-27(26)31(30)21-28(33)32(30)20-24-10-6-5-7-11-24/h5-19,22H,20-21H2,1-4H3/b19-18+/t30-/m1/s1. The number of carbonyl (C=O) groups excluding carboxylic acids is 1. The average molecular weight is 437 g/mol.